The van der Waals surface area contributed by atoms with E-state index in [-0.39, 0.29) is 0 Å². The van der Waals surface area contributed by atoms with Crippen LogP contribution in [-0.4, -0.2) is 34.0 Å². The summed E-state index contributed by atoms with van der Waals surface area (Å²) in [5, 5.41) is 20.4. The Labute approximate surface area is 99.9 Å². The average molecular weight is 229 g/mol. The maximum Gasteiger partial charge on any atom is 0.159 e. The molecule has 0 radical (unpaired) electrons. The summed E-state index contributed by atoms with van der Waals surface area (Å²) in [5.74, 6) is 0.876. The van der Waals surface area contributed by atoms with E-state index in [1.807, 2.05) is 31.2 Å². The molecule has 1 fully saturated rings. The standard InChI is InChI=1S/C13H15N3O/c1-2-13(17)8-16(9-13)12-11-6-4-3-5-10(11)7-14-15-12/h3-7,17H,2,8-9H2,1H3. The van der Waals surface area contributed by atoms with E-state index in [0.717, 1.165) is 23.0 Å². The minimum Gasteiger partial charge on any atom is -0.386 e. The zero-order valence-corrected chi connectivity index (χ0v) is 9.80. The third kappa shape index (κ3) is 1.65. The van der Waals surface area contributed by atoms with E-state index in [4.69, 9.17) is 0 Å². The van der Waals surface area contributed by atoms with Crippen molar-refractivity contribution < 1.29 is 5.11 Å². The molecule has 0 atom stereocenters. The third-order valence-corrected chi connectivity index (χ3v) is 3.48. The lowest BCUT2D eigenvalue weighted by Crippen LogP contribution is -2.62. The fourth-order valence-corrected chi connectivity index (χ4v) is 2.28. The minimum absolute atomic E-state index is 0.543. The van der Waals surface area contributed by atoms with E-state index in [1.165, 1.54) is 0 Å². The Morgan fingerprint density at radius 1 is 1.35 bits per heavy atom. The highest BCUT2D eigenvalue weighted by Gasteiger charge is 2.40. The normalized spacial score (nSPS) is 18.1. The quantitative estimate of drug-likeness (QED) is 0.849. The van der Waals surface area contributed by atoms with Crippen LogP contribution in [0.2, 0.25) is 0 Å². The van der Waals surface area contributed by atoms with Gasteiger partial charge in [-0.2, -0.15) is 5.10 Å². The van der Waals surface area contributed by atoms with Crippen molar-refractivity contribution in [2.75, 3.05) is 18.0 Å². The molecule has 1 aromatic heterocycles. The first kappa shape index (κ1) is 10.5. The van der Waals surface area contributed by atoms with Gasteiger partial charge in [0.2, 0.25) is 0 Å². The molecule has 88 valence electrons. The van der Waals surface area contributed by atoms with E-state index < -0.39 is 5.60 Å². The molecule has 1 aromatic carbocycles. The minimum atomic E-state index is -0.543. The summed E-state index contributed by atoms with van der Waals surface area (Å²) in [4.78, 5) is 2.08. The molecule has 0 saturated carbocycles. The van der Waals surface area contributed by atoms with E-state index in [1.54, 1.807) is 6.20 Å². The molecule has 2 heterocycles. The first-order valence-electron chi connectivity index (χ1n) is 5.90. The van der Waals surface area contributed by atoms with Crippen molar-refractivity contribution in [2.24, 2.45) is 0 Å². The summed E-state index contributed by atoms with van der Waals surface area (Å²) in [5.41, 5.74) is -0.543. The second-order valence-corrected chi connectivity index (χ2v) is 4.69. The highest BCUT2D eigenvalue weighted by Crippen LogP contribution is 2.32. The first-order valence-corrected chi connectivity index (χ1v) is 5.90. The average Bonchev–Trinajstić information content (AvgIpc) is 2.34. The van der Waals surface area contributed by atoms with Gasteiger partial charge in [0.15, 0.2) is 5.82 Å². The second-order valence-electron chi connectivity index (χ2n) is 4.69. The maximum absolute atomic E-state index is 10.0. The monoisotopic (exact) mass is 229 g/mol. The molecule has 4 heteroatoms. The zero-order valence-electron chi connectivity index (χ0n) is 9.80. The zero-order chi connectivity index (χ0) is 11.9. The third-order valence-electron chi connectivity index (χ3n) is 3.48. The fraction of sp³-hybridized carbons (Fsp3) is 0.385. The number of fused-ring (bicyclic) bond motifs is 1. The molecule has 1 aliphatic rings. The Kier molecular flexibility index (Phi) is 2.26. The van der Waals surface area contributed by atoms with Gasteiger partial charge >= 0.3 is 0 Å². The molecular formula is C13H15N3O. The summed E-state index contributed by atoms with van der Waals surface area (Å²) >= 11 is 0. The second kappa shape index (κ2) is 3.67. The summed E-state index contributed by atoms with van der Waals surface area (Å²) in [6, 6.07) is 8.06. The van der Waals surface area contributed by atoms with Gasteiger partial charge in [0, 0.05) is 10.8 Å². The molecule has 17 heavy (non-hydrogen) atoms. The fourth-order valence-electron chi connectivity index (χ4n) is 2.28. The smallest absolute Gasteiger partial charge is 0.159 e. The largest absolute Gasteiger partial charge is 0.386 e. The number of hydrogen-bond donors (Lipinski definition) is 1. The molecule has 0 unspecified atom stereocenters. The lowest BCUT2D eigenvalue weighted by molar-refractivity contribution is 0.00816. The van der Waals surface area contributed by atoms with Crippen molar-refractivity contribution >= 4 is 16.6 Å². The van der Waals surface area contributed by atoms with Crippen LogP contribution in [0.25, 0.3) is 10.8 Å². The van der Waals surface area contributed by atoms with Gasteiger partial charge in [0.1, 0.15) is 0 Å². The van der Waals surface area contributed by atoms with Gasteiger partial charge in [0.05, 0.1) is 24.9 Å². The van der Waals surface area contributed by atoms with Crippen LogP contribution in [0, 0.1) is 0 Å². The van der Waals surface area contributed by atoms with Crippen LogP contribution >= 0.6 is 0 Å². The lowest BCUT2D eigenvalue weighted by atomic mass is 9.91. The molecule has 1 N–H and O–H groups in total. The van der Waals surface area contributed by atoms with Gasteiger partial charge in [-0.25, -0.2) is 0 Å². The van der Waals surface area contributed by atoms with E-state index in [0.29, 0.717) is 13.1 Å². The SMILES string of the molecule is CCC1(O)CN(c2nncc3ccccc23)C1. The number of nitrogens with zero attached hydrogens (tertiary/aromatic N) is 3. The van der Waals surface area contributed by atoms with Crippen LogP contribution in [0.15, 0.2) is 30.5 Å². The number of β-amino-alcohol motifs (C(OH)–C–C–N with tert-alkyl or cyclic N) is 1. The number of hydrogen-bond acceptors (Lipinski definition) is 4. The summed E-state index contributed by atoms with van der Waals surface area (Å²) in [6.45, 7) is 3.30. The van der Waals surface area contributed by atoms with Crippen LogP contribution in [0.4, 0.5) is 5.82 Å². The predicted octanol–water partition coefficient (Wildman–Crippen LogP) is 1.59. The number of aliphatic hydroxyl groups is 1. The number of benzene rings is 1. The van der Waals surface area contributed by atoms with Gasteiger partial charge in [0.25, 0.3) is 0 Å². The molecule has 2 aromatic rings. The molecule has 1 aliphatic heterocycles. The summed E-state index contributed by atoms with van der Waals surface area (Å²) in [7, 11) is 0. The number of rotatable bonds is 2. The van der Waals surface area contributed by atoms with Crippen molar-refractivity contribution in [2.45, 2.75) is 18.9 Å². The Hall–Kier alpha value is -1.68. The Bertz CT molecular complexity index is 544. The number of aromatic nitrogens is 2. The van der Waals surface area contributed by atoms with Crippen LogP contribution in [0.1, 0.15) is 13.3 Å². The summed E-state index contributed by atoms with van der Waals surface area (Å²) < 4.78 is 0. The van der Waals surface area contributed by atoms with Gasteiger partial charge in [-0.1, -0.05) is 31.2 Å². The van der Waals surface area contributed by atoms with Gasteiger partial charge in [-0.15, -0.1) is 5.10 Å². The Balaban J connectivity index is 1.97. The van der Waals surface area contributed by atoms with Crippen molar-refractivity contribution in [1.29, 1.82) is 0 Å². The van der Waals surface area contributed by atoms with Crippen molar-refractivity contribution in [3.8, 4) is 0 Å². The van der Waals surface area contributed by atoms with E-state index in [9.17, 15) is 5.11 Å². The van der Waals surface area contributed by atoms with Gasteiger partial charge < -0.3 is 10.0 Å². The van der Waals surface area contributed by atoms with E-state index >= 15 is 0 Å². The van der Waals surface area contributed by atoms with Crippen LogP contribution in [0.5, 0.6) is 0 Å². The highest BCUT2D eigenvalue weighted by molar-refractivity contribution is 5.91. The molecule has 0 bridgehead atoms. The predicted molar refractivity (Wildman–Crippen MR) is 67.0 cm³/mol. The van der Waals surface area contributed by atoms with Crippen molar-refractivity contribution in [3.05, 3.63) is 30.5 Å². The van der Waals surface area contributed by atoms with Crippen LogP contribution in [-0.2, 0) is 0 Å². The first-order chi connectivity index (χ1) is 8.22. The van der Waals surface area contributed by atoms with Crippen molar-refractivity contribution in [1.82, 2.24) is 10.2 Å². The molecule has 4 nitrogen and oxygen atoms in total. The van der Waals surface area contributed by atoms with Crippen LogP contribution < -0.4 is 4.90 Å². The molecule has 0 amide bonds. The lowest BCUT2D eigenvalue weighted by Gasteiger charge is -2.46. The maximum atomic E-state index is 10.0. The van der Waals surface area contributed by atoms with Gasteiger partial charge in [-0.3, -0.25) is 0 Å². The summed E-state index contributed by atoms with van der Waals surface area (Å²) in [6.07, 6.45) is 2.55. The Morgan fingerprint density at radius 2 is 2.12 bits per heavy atom. The van der Waals surface area contributed by atoms with Gasteiger partial charge in [-0.05, 0) is 6.42 Å². The van der Waals surface area contributed by atoms with Crippen LogP contribution in [0.3, 0.4) is 0 Å². The topological polar surface area (TPSA) is 49.2 Å². The van der Waals surface area contributed by atoms with Crippen molar-refractivity contribution in [3.63, 3.8) is 0 Å². The Morgan fingerprint density at radius 3 is 2.88 bits per heavy atom. The molecule has 1 saturated heterocycles. The molecule has 3 rings (SSSR count). The molecule has 0 spiro atoms. The van der Waals surface area contributed by atoms with E-state index in [2.05, 4.69) is 15.1 Å². The molecule has 0 aliphatic carbocycles. The molecular weight excluding hydrogens is 214 g/mol. The highest BCUT2D eigenvalue weighted by atomic mass is 16.3. The number of anilines is 1.